The van der Waals surface area contributed by atoms with E-state index in [-0.39, 0.29) is 23.6 Å². The predicted molar refractivity (Wildman–Crippen MR) is 139 cm³/mol. The van der Waals surface area contributed by atoms with Crippen LogP contribution in [0.3, 0.4) is 0 Å². The van der Waals surface area contributed by atoms with E-state index in [1.165, 1.54) is 41.2 Å². The molecule has 3 aromatic carbocycles. The number of nitrogens with zero attached hydrogens (tertiary/aromatic N) is 4. The third-order valence-electron chi connectivity index (χ3n) is 5.26. The standard InChI is InChI=1S/C26H22BrFN4O4/c1-26(2,3)25-30-21-9-8-18(27)13-20(21)24(33)31(25)29-14-16-7-10-23(22(12-16)32(34)35)36-15-17-5-4-6-19(28)11-17/h4-14H,15H2,1-3H3. The zero-order chi connectivity index (χ0) is 26.0. The summed E-state index contributed by atoms with van der Waals surface area (Å²) in [5.41, 5.74) is 0.347. The van der Waals surface area contributed by atoms with Gasteiger partial charge in [-0.2, -0.15) is 9.78 Å². The molecule has 0 fully saturated rings. The second kappa shape index (κ2) is 9.98. The topological polar surface area (TPSA) is 99.6 Å². The van der Waals surface area contributed by atoms with Gasteiger partial charge in [-0.3, -0.25) is 14.9 Å². The quantitative estimate of drug-likeness (QED) is 0.167. The summed E-state index contributed by atoms with van der Waals surface area (Å²) in [5, 5.41) is 16.4. The lowest BCUT2D eigenvalue weighted by atomic mass is 9.95. The van der Waals surface area contributed by atoms with Crippen LogP contribution in [0.4, 0.5) is 10.1 Å². The molecule has 0 aliphatic carbocycles. The van der Waals surface area contributed by atoms with Gasteiger partial charge in [-0.05, 0) is 48.0 Å². The number of nitro groups is 1. The van der Waals surface area contributed by atoms with Crippen LogP contribution in [0.5, 0.6) is 5.75 Å². The highest BCUT2D eigenvalue weighted by Crippen LogP contribution is 2.29. The average Bonchev–Trinajstić information content (AvgIpc) is 2.82. The van der Waals surface area contributed by atoms with E-state index in [1.807, 2.05) is 26.8 Å². The first-order valence-corrected chi connectivity index (χ1v) is 11.7. The Bertz CT molecular complexity index is 1560. The van der Waals surface area contributed by atoms with Gasteiger partial charge in [0.1, 0.15) is 18.2 Å². The van der Waals surface area contributed by atoms with Crippen molar-refractivity contribution in [1.82, 2.24) is 9.66 Å². The van der Waals surface area contributed by atoms with Crippen LogP contribution in [0.25, 0.3) is 10.9 Å². The summed E-state index contributed by atoms with van der Waals surface area (Å²) >= 11 is 3.38. The van der Waals surface area contributed by atoms with Crippen molar-refractivity contribution in [3.63, 3.8) is 0 Å². The summed E-state index contributed by atoms with van der Waals surface area (Å²) in [5.74, 6) is 0.0619. The number of hydrogen-bond acceptors (Lipinski definition) is 6. The molecule has 4 aromatic rings. The van der Waals surface area contributed by atoms with Crippen molar-refractivity contribution in [3.05, 3.63) is 108 Å². The molecule has 1 heterocycles. The first-order chi connectivity index (χ1) is 17.0. The molecule has 0 radical (unpaired) electrons. The van der Waals surface area contributed by atoms with E-state index in [0.29, 0.717) is 27.9 Å². The first-order valence-electron chi connectivity index (χ1n) is 11.0. The predicted octanol–water partition coefficient (Wildman–Crippen LogP) is 5.97. The second-order valence-corrected chi connectivity index (χ2v) is 10.0. The van der Waals surface area contributed by atoms with Crippen molar-refractivity contribution < 1.29 is 14.1 Å². The summed E-state index contributed by atoms with van der Waals surface area (Å²) < 4.78 is 20.9. The Labute approximate surface area is 214 Å². The van der Waals surface area contributed by atoms with Crippen molar-refractivity contribution in [1.29, 1.82) is 0 Å². The van der Waals surface area contributed by atoms with Crippen molar-refractivity contribution >= 4 is 38.7 Å². The minimum atomic E-state index is -0.569. The van der Waals surface area contributed by atoms with Crippen LogP contribution >= 0.6 is 15.9 Å². The fraction of sp³-hybridized carbons (Fsp3) is 0.192. The molecule has 1 aromatic heterocycles. The number of halogens is 2. The Morgan fingerprint density at radius 3 is 2.64 bits per heavy atom. The Morgan fingerprint density at radius 2 is 1.94 bits per heavy atom. The normalized spacial score (nSPS) is 11.8. The van der Waals surface area contributed by atoms with Gasteiger partial charge in [0, 0.05) is 21.5 Å². The minimum Gasteiger partial charge on any atom is -0.482 e. The second-order valence-electron chi connectivity index (χ2n) is 9.11. The van der Waals surface area contributed by atoms with Gasteiger partial charge in [0.25, 0.3) is 5.56 Å². The molecule has 0 bridgehead atoms. The van der Waals surface area contributed by atoms with Gasteiger partial charge in [0.15, 0.2) is 5.75 Å². The molecule has 0 N–H and O–H groups in total. The maximum Gasteiger partial charge on any atom is 0.311 e. The van der Waals surface area contributed by atoms with E-state index in [0.717, 1.165) is 4.47 Å². The molecule has 0 spiro atoms. The summed E-state index contributed by atoms with van der Waals surface area (Å²) in [7, 11) is 0. The third kappa shape index (κ3) is 5.49. The van der Waals surface area contributed by atoms with Crippen LogP contribution in [0, 0.1) is 15.9 Å². The summed E-state index contributed by atoms with van der Waals surface area (Å²) in [4.78, 5) is 29.0. The highest BCUT2D eigenvalue weighted by Gasteiger charge is 2.23. The monoisotopic (exact) mass is 552 g/mol. The van der Waals surface area contributed by atoms with Gasteiger partial charge in [0.2, 0.25) is 0 Å². The number of nitro benzene ring substituents is 1. The van der Waals surface area contributed by atoms with E-state index in [1.54, 1.807) is 24.3 Å². The third-order valence-corrected chi connectivity index (χ3v) is 5.76. The number of fused-ring (bicyclic) bond motifs is 1. The molecule has 0 aliphatic heterocycles. The molecule has 0 aliphatic rings. The van der Waals surface area contributed by atoms with Crippen LogP contribution in [-0.2, 0) is 12.0 Å². The maximum absolute atomic E-state index is 13.4. The fourth-order valence-electron chi connectivity index (χ4n) is 3.53. The number of hydrogen-bond donors (Lipinski definition) is 0. The molecule has 36 heavy (non-hydrogen) atoms. The summed E-state index contributed by atoms with van der Waals surface area (Å²) in [6, 6.07) is 15.4. The van der Waals surface area contributed by atoms with Gasteiger partial charge in [-0.25, -0.2) is 9.37 Å². The zero-order valence-corrected chi connectivity index (χ0v) is 21.3. The average molecular weight is 553 g/mol. The maximum atomic E-state index is 13.4. The molecule has 0 atom stereocenters. The highest BCUT2D eigenvalue weighted by molar-refractivity contribution is 9.10. The van der Waals surface area contributed by atoms with Crippen molar-refractivity contribution in [3.8, 4) is 5.75 Å². The van der Waals surface area contributed by atoms with Gasteiger partial charge in [-0.15, -0.1) is 0 Å². The number of aromatic nitrogens is 2. The molecule has 0 unspecified atom stereocenters. The van der Waals surface area contributed by atoms with E-state index in [9.17, 15) is 19.3 Å². The lowest BCUT2D eigenvalue weighted by molar-refractivity contribution is -0.385. The lowest BCUT2D eigenvalue weighted by Gasteiger charge is -2.20. The van der Waals surface area contributed by atoms with E-state index in [4.69, 9.17) is 4.74 Å². The molecule has 0 saturated heterocycles. The van der Waals surface area contributed by atoms with E-state index >= 15 is 0 Å². The van der Waals surface area contributed by atoms with Crippen LogP contribution in [-0.4, -0.2) is 20.8 Å². The van der Waals surface area contributed by atoms with Crippen LogP contribution in [0.2, 0.25) is 0 Å². The van der Waals surface area contributed by atoms with Crippen molar-refractivity contribution in [2.45, 2.75) is 32.8 Å². The van der Waals surface area contributed by atoms with E-state index in [2.05, 4.69) is 26.0 Å². The molecule has 0 saturated carbocycles. The Balaban J connectivity index is 1.70. The SMILES string of the molecule is CC(C)(C)c1nc2ccc(Br)cc2c(=O)n1N=Cc1ccc(OCc2cccc(F)c2)c([N+](=O)[O-])c1. The molecule has 10 heteroatoms. The van der Waals surface area contributed by atoms with Crippen molar-refractivity contribution in [2.75, 3.05) is 0 Å². The molecule has 0 amide bonds. The molecule has 4 rings (SSSR count). The smallest absolute Gasteiger partial charge is 0.311 e. The highest BCUT2D eigenvalue weighted by atomic mass is 79.9. The van der Waals surface area contributed by atoms with Gasteiger partial charge in [-0.1, -0.05) is 48.8 Å². The van der Waals surface area contributed by atoms with Gasteiger partial charge in [0.05, 0.1) is 22.0 Å². The Morgan fingerprint density at radius 1 is 1.17 bits per heavy atom. The van der Waals surface area contributed by atoms with Crippen LogP contribution in [0.1, 0.15) is 37.7 Å². The number of benzene rings is 3. The number of ether oxygens (including phenoxy) is 1. The molecule has 8 nitrogen and oxygen atoms in total. The summed E-state index contributed by atoms with van der Waals surface area (Å²) in [6.07, 6.45) is 1.37. The lowest BCUT2D eigenvalue weighted by Crippen LogP contribution is -2.29. The first kappa shape index (κ1) is 25.2. The number of rotatable bonds is 6. The molecule has 184 valence electrons. The zero-order valence-electron chi connectivity index (χ0n) is 19.7. The fourth-order valence-corrected chi connectivity index (χ4v) is 3.89. The van der Waals surface area contributed by atoms with Gasteiger partial charge < -0.3 is 4.74 Å². The van der Waals surface area contributed by atoms with Crippen LogP contribution in [0.15, 0.2) is 75.0 Å². The molecular weight excluding hydrogens is 531 g/mol. The minimum absolute atomic E-state index is 0.0330. The Kier molecular flexibility index (Phi) is 6.98. The van der Waals surface area contributed by atoms with Gasteiger partial charge >= 0.3 is 5.69 Å². The Hall–Kier alpha value is -3.92. The van der Waals surface area contributed by atoms with E-state index < -0.39 is 16.2 Å². The van der Waals surface area contributed by atoms with Crippen molar-refractivity contribution in [2.24, 2.45) is 5.10 Å². The summed E-state index contributed by atoms with van der Waals surface area (Å²) in [6.45, 7) is 5.72. The molecular formula is C26H22BrFN4O4. The van der Waals surface area contributed by atoms with Crippen LogP contribution < -0.4 is 10.3 Å². The largest absolute Gasteiger partial charge is 0.482 e.